The number of carbonyl (C=O) groups excluding carboxylic acids is 2. The second-order valence-corrected chi connectivity index (χ2v) is 6.26. The summed E-state index contributed by atoms with van der Waals surface area (Å²) >= 11 is 0. The van der Waals surface area contributed by atoms with Gasteiger partial charge >= 0.3 is 0 Å². The highest BCUT2D eigenvalue weighted by Gasteiger charge is 2.17. The molecule has 0 saturated carbocycles. The van der Waals surface area contributed by atoms with Crippen molar-refractivity contribution in [2.75, 3.05) is 5.32 Å². The average molecular weight is 322 g/mol. The fourth-order valence-electron chi connectivity index (χ4n) is 1.95. The van der Waals surface area contributed by atoms with E-state index in [0.717, 1.165) is 0 Å². The first-order chi connectivity index (χ1) is 11.3. The molecule has 2 rings (SSSR count). The van der Waals surface area contributed by atoms with Gasteiger partial charge in [0.15, 0.2) is 0 Å². The van der Waals surface area contributed by atoms with Crippen LogP contribution < -0.4 is 10.6 Å². The van der Waals surface area contributed by atoms with Gasteiger partial charge in [0.2, 0.25) is 0 Å². The molecule has 0 spiro atoms. The highest BCUT2D eigenvalue weighted by Crippen LogP contribution is 2.11. The van der Waals surface area contributed by atoms with E-state index in [9.17, 15) is 9.59 Å². The number of pyridine rings is 1. The van der Waals surface area contributed by atoms with Gasteiger partial charge in [-0.3, -0.25) is 9.59 Å². The smallest absolute Gasteiger partial charge is 0.274 e. The second-order valence-electron chi connectivity index (χ2n) is 6.26. The molecule has 0 aliphatic carbocycles. The first-order valence-electron chi connectivity index (χ1n) is 7.39. The molecule has 24 heavy (non-hydrogen) atoms. The van der Waals surface area contributed by atoms with Crippen molar-refractivity contribution in [1.82, 2.24) is 10.3 Å². The molecule has 6 nitrogen and oxygen atoms in total. The number of anilines is 1. The van der Waals surface area contributed by atoms with E-state index in [1.165, 1.54) is 6.07 Å². The zero-order chi connectivity index (χ0) is 17.7. The molecule has 6 heteroatoms. The number of hydrogen-bond acceptors (Lipinski definition) is 4. The summed E-state index contributed by atoms with van der Waals surface area (Å²) in [6.45, 7) is 5.59. The van der Waals surface area contributed by atoms with Gasteiger partial charge in [-0.15, -0.1) is 0 Å². The summed E-state index contributed by atoms with van der Waals surface area (Å²) in [6.07, 6.45) is 0. The third-order valence-electron chi connectivity index (χ3n) is 2.95. The highest BCUT2D eigenvalue weighted by atomic mass is 16.2. The lowest BCUT2D eigenvalue weighted by Crippen LogP contribution is -2.41. The van der Waals surface area contributed by atoms with Crippen LogP contribution in [0.3, 0.4) is 0 Å². The minimum absolute atomic E-state index is 0.124. The minimum atomic E-state index is -0.449. The van der Waals surface area contributed by atoms with Crippen molar-refractivity contribution < 1.29 is 9.59 Å². The van der Waals surface area contributed by atoms with Gasteiger partial charge in [-0.1, -0.05) is 12.1 Å². The lowest BCUT2D eigenvalue weighted by Gasteiger charge is -2.20. The van der Waals surface area contributed by atoms with E-state index in [-0.39, 0.29) is 17.3 Å². The summed E-state index contributed by atoms with van der Waals surface area (Å²) in [5.74, 6) is -0.792. The molecule has 2 aromatic rings. The van der Waals surface area contributed by atoms with Crippen LogP contribution in [0.25, 0.3) is 0 Å². The summed E-state index contributed by atoms with van der Waals surface area (Å²) in [5, 5.41) is 14.3. The van der Waals surface area contributed by atoms with Crippen molar-refractivity contribution in [2.45, 2.75) is 26.3 Å². The Labute approximate surface area is 140 Å². The number of amides is 2. The summed E-state index contributed by atoms with van der Waals surface area (Å²) < 4.78 is 0. The third-order valence-corrected chi connectivity index (χ3v) is 2.95. The van der Waals surface area contributed by atoms with E-state index >= 15 is 0 Å². The van der Waals surface area contributed by atoms with Gasteiger partial charge < -0.3 is 10.6 Å². The van der Waals surface area contributed by atoms with Crippen molar-refractivity contribution in [3.8, 4) is 6.07 Å². The number of carbonyl (C=O) groups is 2. The van der Waals surface area contributed by atoms with E-state index in [1.54, 1.807) is 36.4 Å². The SMILES string of the molecule is CC(C)(C)NC(=O)c1cccc(C(=O)Nc2cccc(C#N)c2)n1. The van der Waals surface area contributed by atoms with Gasteiger partial charge in [0.25, 0.3) is 11.8 Å². The largest absolute Gasteiger partial charge is 0.346 e. The molecule has 0 aliphatic rings. The van der Waals surface area contributed by atoms with Gasteiger partial charge in [-0.05, 0) is 51.1 Å². The monoisotopic (exact) mass is 322 g/mol. The summed E-state index contributed by atoms with van der Waals surface area (Å²) in [4.78, 5) is 28.5. The van der Waals surface area contributed by atoms with E-state index < -0.39 is 11.4 Å². The van der Waals surface area contributed by atoms with Crippen LogP contribution in [-0.4, -0.2) is 22.3 Å². The van der Waals surface area contributed by atoms with E-state index in [1.807, 2.05) is 26.8 Å². The van der Waals surface area contributed by atoms with Crippen LogP contribution in [0.15, 0.2) is 42.5 Å². The minimum Gasteiger partial charge on any atom is -0.346 e. The number of rotatable bonds is 3. The Morgan fingerprint density at radius 2 is 1.67 bits per heavy atom. The van der Waals surface area contributed by atoms with E-state index in [0.29, 0.717) is 11.3 Å². The van der Waals surface area contributed by atoms with Crippen LogP contribution in [0.1, 0.15) is 47.3 Å². The normalized spacial score (nSPS) is 10.6. The van der Waals surface area contributed by atoms with Crippen LogP contribution >= 0.6 is 0 Å². The fourth-order valence-corrected chi connectivity index (χ4v) is 1.95. The molecule has 0 saturated heterocycles. The van der Waals surface area contributed by atoms with Crippen LogP contribution in [0.4, 0.5) is 5.69 Å². The number of aromatic nitrogens is 1. The van der Waals surface area contributed by atoms with Crippen LogP contribution in [0.2, 0.25) is 0 Å². The summed E-state index contributed by atoms with van der Waals surface area (Å²) in [6, 6.07) is 13.2. The van der Waals surface area contributed by atoms with Crippen molar-refractivity contribution >= 4 is 17.5 Å². The standard InChI is InChI=1S/C18H18N4O2/c1-18(2,3)22-17(24)15-9-5-8-14(21-15)16(23)20-13-7-4-6-12(10-13)11-19/h4-10H,1-3H3,(H,20,23)(H,22,24). The molecule has 0 fully saturated rings. The molecule has 0 atom stereocenters. The quantitative estimate of drug-likeness (QED) is 0.908. The maximum absolute atomic E-state index is 12.3. The molecule has 1 aromatic carbocycles. The lowest BCUT2D eigenvalue weighted by molar-refractivity contribution is 0.0914. The Morgan fingerprint density at radius 1 is 1.04 bits per heavy atom. The zero-order valence-corrected chi connectivity index (χ0v) is 13.8. The molecule has 2 amide bonds. The third kappa shape index (κ3) is 4.65. The topological polar surface area (TPSA) is 94.9 Å². The number of nitrogens with zero attached hydrogens (tertiary/aromatic N) is 2. The van der Waals surface area contributed by atoms with E-state index in [4.69, 9.17) is 5.26 Å². The molecule has 1 aromatic heterocycles. The summed E-state index contributed by atoms with van der Waals surface area (Å²) in [7, 11) is 0. The van der Waals surface area contributed by atoms with Gasteiger partial charge in [-0.2, -0.15) is 5.26 Å². The average Bonchev–Trinajstić information content (AvgIpc) is 2.53. The molecule has 1 heterocycles. The number of nitrogens with one attached hydrogen (secondary N) is 2. The first-order valence-corrected chi connectivity index (χ1v) is 7.39. The molecule has 0 unspecified atom stereocenters. The van der Waals surface area contributed by atoms with E-state index in [2.05, 4.69) is 15.6 Å². The Hall–Kier alpha value is -3.20. The lowest BCUT2D eigenvalue weighted by atomic mass is 10.1. The fraction of sp³-hybridized carbons (Fsp3) is 0.222. The molecule has 0 aliphatic heterocycles. The molecule has 0 bridgehead atoms. The number of benzene rings is 1. The highest BCUT2D eigenvalue weighted by molar-refractivity contribution is 6.04. The Balaban J connectivity index is 2.17. The Bertz CT molecular complexity index is 816. The zero-order valence-electron chi connectivity index (χ0n) is 13.8. The van der Waals surface area contributed by atoms with Crippen molar-refractivity contribution in [2.24, 2.45) is 0 Å². The van der Waals surface area contributed by atoms with Gasteiger partial charge in [0.1, 0.15) is 11.4 Å². The predicted octanol–water partition coefficient (Wildman–Crippen LogP) is 2.73. The summed E-state index contributed by atoms with van der Waals surface area (Å²) in [5.41, 5.74) is 0.834. The molecule has 122 valence electrons. The molecular formula is C18H18N4O2. The number of nitriles is 1. The molecule has 0 radical (unpaired) electrons. The van der Waals surface area contributed by atoms with Crippen molar-refractivity contribution in [1.29, 1.82) is 5.26 Å². The predicted molar refractivity (Wildman–Crippen MR) is 90.6 cm³/mol. The molecular weight excluding hydrogens is 304 g/mol. The van der Waals surface area contributed by atoms with Crippen molar-refractivity contribution in [3.63, 3.8) is 0 Å². The number of hydrogen-bond donors (Lipinski definition) is 2. The van der Waals surface area contributed by atoms with Crippen molar-refractivity contribution in [3.05, 3.63) is 59.4 Å². The maximum Gasteiger partial charge on any atom is 0.274 e. The van der Waals surface area contributed by atoms with Crippen LogP contribution in [0.5, 0.6) is 0 Å². The van der Waals surface area contributed by atoms with Gasteiger partial charge in [-0.25, -0.2) is 4.98 Å². The van der Waals surface area contributed by atoms with Crippen LogP contribution in [0, 0.1) is 11.3 Å². The Kier molecular flexibility index (Phi) is 4.95. The van der Waals surface area contributed by atoms with Gasteiger partial charge in [0, 0.05) is 11.2 Å². The van der Waals surface area contributed by atoms with Gasteiger partial charge in [0.05, 0.1) is 11.6 Å². The maximum atomic E-state index is 12.3. The first kappa shape index (κ1) is 17.2. The molecule has 2 N–H and O–H groups in total. The second kappa shape index (κ2) is 6.92. The van der Waals surface area contributed by atoms with Crippen LogP contribution in [-0.2, 0) is 0 Å². The Morgan fingerprint density at radius 3 is 2.29 bits per heavy atom.